The van der Waals surface area contributed by atoms with Gasteiger partial charge < -0.3 is 10.4 Å². The zero-order valence-electron chi connectivity index (χ0n) is 15.1. The van der Waals surface area contributed by atoms with Crippen LogP contribution in [0.1, 0.15) is 33.5 Å². The topological polar surface area (TPSA) is 75.1 Å². The highest BCUT2D eigenvalue weighted by molar-refractivity contribution is 5.88. The van der Waals surface area contributed by atoms with Crippen LogP contribution in [-0.2, 0) is 12.8 Å². The summed E-state index contributed by atoms with van der Waals surface area (Å²) in [5, 5.41) is 12.6. The van der Waals surface area contributed by atoms with E-state index in [0.29, 0.717) is 11.5 Å². The third-order valence-corrected chi connectivity index (χ3v) is 5.02. The first-order valence-electron chi connectivity index (χ1n) is 9.10. The van der Waals surface area contributed by atoms with Crippen LogP contribution in [0.5, 0.6) is 0 Å². The van der Waals surface area contributed by atoms with Crippen molar-refractivity contribution in [1.29, 1.82) is 0 Å². The maximum Gasteiger partial charge on any atom is 0.335 e. The molecule has 1 aliphatic carbocycles. The molecule has 3 aromatic rings. The van der Waals surface area contributed by atoms with Gasteiger partial charge in [-0.05, 0) is 55.5 Å². The van der Waals surface area contributed by atoms with Crippen molar-refractivity contribution < 1.29 is 9.90 Å². The summed E-state index contributed by atoms with van der Waals surface area (Å²) in [6.45, 7) is 2.06. The van der Waals surface area contributed by atoms with Crippen LogP contribution < -0.4 is 5.32 Å². The molecule has 136 valence electrons. The normalized spacial score (nSPS) is 15.8. The van der Waals surface area contributed by atoms with Crippen molar-refractivity contribution in [3.05, 3.63) is 77.0 Å². The number of carboxylic acids is 1. The van der Waals surface area contributed by atoms with E-state index < -0.39 is 5.97 Å². The summed E-state index contributed by atoms with van der Waals surface area (Å²) >= 11 is 0. The first-order valence-corrected chi connectivity index (χ1v) is 9.10. The van der Waals surface area contributed by atoms with Crippen molar-refractivity contribution in [2.75, 3.05) is 5.32 Å². The molecular weight excluding hydrogens is 338 g/mol. The molecule has 0 amide bonds. The van der Waals surface area contributed by atoms with Gasteiger partial charge in [0.2, 0.25) is 5.95 Å². The molecule has 0 fully saturated rings. The van der Waals surface area contributed by atoms with E-state index in [2.05, 4.69) is 46.5 Å². The van der Waals surface area contributed by atoms with E-state index in [0.717, 1.165) is 36.1 Å². The van der Waals surface area contributed by atoms with E-state index in [1.807, 2.05) is 12.1 Å². The lowest BCUT2D eigenvalue weighted by Gasteiger charge is -2.26. The molecular formula is C22H21N3O2. The zero-order chi connectivity index (χ0) is 18.8. The van der Waals surface area contributed by atoms with E-state index >= 15 is 0 Å². The van der Waals surface area contributed by atoms with Crippen LogP contribution in [0.3, 0.4) is 0 Å². The molecule has 0 saturated heterocycles. The second-order valence-corrected chi connectivity index (χ2v) is 7.00. The molecule has 0 aliphatic heterocycles. The molecule has 0 spiro atoms. The molecule has 0 saturated carbocycles. The van der Waals surface area contributed by atoms with E-state index in [4.69, 9.17) is 0 Å². The molecule has 5 heteroatoms. The average Bonchev–Trinajstić information content (AvgIpc) is 2.68. The highest BCUT2D eigenvalue weighted by atomic mass is 16.4. The van der Waals surface area contributed by atoms with Crippen LogP contribution in [-0.4, -0.2) is 27.1 Å². The Hall–Kier alpha value is -3.21. The molecule has 0 bridgehead atoms. The van der Waals surface area contributed by atoms with Gasteiger partial charge >= 0.3 is 5.97 Å². The molecule has 4 rings (SSSR count). The fourth-order valence-electron chi connectivity index (χ4n) is 3.51. The number of nitrogens with one attached hydrogen (secondary N) is 1. The first kappa shape index (κ1) is 17.2. The monoisotopic (exact) mass is 359 g/mol. The summed E-state index contributed by atoms with van der Waals surface area (Å²) in [6.07, 6.45) is 4.43. The molecule has 2 N–H and O–H groups in total. The minimum Gasteiger partial charge on any atom is -0.478 e. The fraction of sp³-hybridized carbons (Fsp3) is 0.227. The van der Waals surface area contributed by atoms with Crippen molar-refractivity contribution >= 4 is 11.9 Å². The van der Waals surface area contributed by atoms with Crippen molar-refractivity contribution in [1.82, 2.24) is 9.97 Å². The quantitative estimate of drug-likeness (QED) is 0.733. The number of aromatic nitrogens is 2. The predicted molar refractivity (Wildman–Crippen MR) is 105 cm³/mol. The van der Waals surface area contributed by atoms with E-state index in [1.165, 1.54) is 11.1 Å². The Morgan fingerprint density at radius 1 is 1.11 bits per heavy atom. The number of aromatic carboxylic acids is 1. The Balaban J connectivity index is 1.52. The Morgan fingerprint density at radius 3 is 2.70 bits per heavy atom. The Morgan fingerprint density at radius 2 is 1.93 bits per heavy atom. The minimum atomic E-state index is -0.887. The van der Waals surface area contributed by atoms with Gasteiger partial charge in [0, 0.05) is 17.8 Å². The third kappa shape index (κ3) is 3.82. The van der Waals surface area contributed by atoms with Crippen molar-refractivity contribution in [3.63, 3.8) is 0 Å². The molecule has 1 atom stereocenters. The average molecular weight is 359 g/mol. The number of carboxylic acid groups (broad SMARTS) is 1. The van der Waals surface area contributed by atoms with Gasteiger partial charge in [-0.25, -0.2) is 14.8 Å². The number of aryl methyl sites for hydroxylation is 2. The summed E-state index contributed by atoms with van der Waals surface area (Å²) in [7, 11) is 0. The van der Waals surface area contributed by atoms with Gasteiger partial charge in [0.1, 0.15) is 0 Å². The van der Waals surface area contributed by atoms with Crippen LogP contribution in [0, 0.1) is 6.92 Å². The number of nitrogens with zero attached hydrogens (tertiary/aromatic N) is 2. The second-order valence-electron chi connectivity index (χ2n) is 7.00. The van der Waals surface area contributed by atoms with Crippen LogP contribution in [0.25, 0.3) is 11.3 Å². The largest absolute Gasteiger partial charge is 0.478 e. The van der Waals surface area contributed by atoms with E-state index in [-0.39, 0.29) is 6.04 Å². The first-order chi connectivity index (χ1) is 13.1. The number of benzene rings is 2. The summed E-state index contributed by atoms with van der Waals surface area (Å²) in [5.41, 5.74) is 5.82. The highest BCUT2D eigenvalue weighted by Crippen LogP contribution is 2.25. The maximum atomic E-state index is 11.2. The molecule has 1 heterocycles. The van der Waals surface area contributed by atoms with Gasteiger partial charge in [-0.3, -0.25) is 0 Å². The number of anilines is 1. The lowest BCUT2D eigenvalue weighted by molar-refractivity contribution is 0.0696. The number of hydrogen-bond donors (Lipinski definition) is 2. The SMILES string of the molecule is Cc1ccc(-c2ccnc(NC3CCc4ccc(C(=O)O)cc4C3)n2)cc1. The van der Waals surface area contributed by atoms with Crippen LogP contribution in [0.15, 0.2) is 54.7 Å². The smallest absolute Gasteiger partial charge is 0.335 e. The van der Waals surface area contributed by atoms with Gasteiger partial charge in [0.15, 0.2) is 0 Å². The fourth-order valence-corrected chi connectivity index (χ4v) is 3.51. The predicted octanol–water partition coefficient (Wildman–Crippen LogP) is 4.12. The van der Waals surface area contributed by atoms with E-state index in [1.54, 1.807) is 18.3 Å². The Kier molecular flexibility index (Phi) is 4.59. The summed E-state index contributed by atoms with van der Waals surface area (Å²) in [5.74, 6) is -0.280. The van der Waals surface area contributed by atoms with Crippen molar-refractivity contribution in [2.24, 2.45) is 0 Å². The summed E-state index contributed by atoms with van der Waals surface area (Å²) in [6, 6.07) is 15.8. The standard InChI is InChI=1S/C22H21N3O2/c1-14-2-4-16(5-3-14)20-10-11-23-22(25-20)24-19-9-8-15-6-7-17(21(26)27)12-18(15)13-19/h2-7,10-12,19H,8-9,13H2,1H3,(H,26,27)(H,23,24,25). The van der Waals surface area contributed by atoms with Gasteiger partial charge in [0.05, 0.1) is 11.3 Å². The maximum absolute atomic E-state index is 11.2. The Bertz CT molecular complexity index is 983. The van der Waals surface area contributed by atoms with Gasteiger partial charge in [-0.2, -0.15) is 0 Å². The van der Waals surface area contributed by atoms with Gasteiger partial charge in [-0.15, -0.1) is 0 Å². The number of rotatable bonds is 4. The molecule has 27 heavy (non-hydrogen) atoms. The van der Waals surface area contributed by atoms with Crippen LogP contribution in [0.2, 0.25) is 0 Å². The molecule has 1 unspecified atom stereocenters. The molecule has 0 radical (unpaired) electrons. The van der Waals surface area contributed by atoms with E-state index in [9.17, 15) is 9.90 Å². The number of fused-ring (bicyclic) bond motifs is 1. The lowest BCUT2D eigenvalue weighted by atomic mass is 9.87. The number of hydrogen-bond acceptors (Lipinski definition) is 4. The van der Waals surface area contributed by atoms with Gasteiger partial charge in [-0.1, -0.05) is 35.9 Å². The zero-order valence-corrected chi connectivity index (χ0v) is 15.1. The highest BCUT2D eigenvalue weighted by Gasteiger charge is 2.20. The molecule has 5 nitrogen and oxygen atoms in total. The third-order valence-electron chi connectivity index (χ3n) is 5.02. The van der Waals surface area contributed by atoms with Gasteiger partial charge in [0.25, 0.3) is 0 Å². The molecule has 1 aromatic heterocycles. The van der Waals surface area contributed by atoms with Crippen LogP contribution >= 0.6 is 0 Å². The van der Waals surface area contributed by atoms with Crippen LogP contribution in [0.4, 0.5) is 5.95 Å². The second kappa shape index (κ2) is 7.19. The Labute approximate surface area is 158 Å². The molecule has 2 aromatic carbocycles. The molecule has 1 aliphatic rings. The summed E-state index contributed by atoms with van der Waals surface area (Å²) < 4.78 is 0. The minimum absolute atomic E-state index is 0.190. The summed E-state index contributed by atoms with van der Waals surface area (Å²) in [4.78, 5) is 20.2. The number of carbonyl (C=O) groups is 1. The van der Waals surface area contributed by atoms with Crippen molar-refractivity contribution in [3.8, 4) is 11.3 Å². The lowest BCUT2D eigenvalue weighted by Crippen LogP contribution is -2.28. The van der Waals surface area contributed by atoms with Crippen molar-refractivity contribution in [2.45, 2.75) is 32.2 Å².